The first-order valence-corrected chi connectivity index (χ1v) is 11.2. The van der Waals surface area contributed by atoms with Gasteiger partial charge >= 0.3 is 0 Å². The van der Waals surface area contributed by atoms with E-state index in [1.807, 2.05) is 30.3 Å². The number of benzene rings is 3. The van der Waals surface area contributed by atoms with E-state index in [1.54, 1.807) is 14.2 Å². The van der Waals surface area contributed by atoms with Crippen LogP contribution in [0.15, 0.2) is 89.5 Å². The van der Waals surface area contributed by atoms with E-state index in [2.05, 4.69) is 59.6 Å². The summed E-state index contributed by atoms with van der Waals surface area (Å²) in [7, 11) is 3.47. The lowest BCUT2D eigenvalue weighted by atomic mass is 9.77. The molecule has 32 heavy (non-hydrogen) atoms. The van der Waals surface area contributed by atoms with Crippen LogP contribution in [0.25, 0.3) is 6.08 Å². The van der Waals surface area contributed by atoms with Crippen LogP contribution in [0.2, 0.25) is 0 Å². The van der Waals surface area contributed by atoms with Crippen molar-refractivity contribution in [3.8, 4) is 11.5 Å². The van der Waals surface area contributed by atoms with Crippen molar-refractivity contribution in [1.29, 1.82) is 0 Å². The second-order valence-corrected chi connectivity index (χ2v) is 8.26. The molecule has 3 aromatic carbocycles. The smallest absolute Gasteiger partial charge is 0.126 e. The van der Waals surface area contributed by atoms with Crippen molar-refractivity contribution < 1.29 is 9.47 Å². The molecule has 2 unspecified atom stereocenters. The van der Waals surface area contributed by atoms with Gasteiger partial charge in [-0.05, 0) is 55.2 Å². The van der Waals surface area contributed by atoms with Crippen LogP contribution in [0.5, 0.6) is 11.5 Å². The van der Waals surface area contributed by atoms with Gasteiger partial charge in [-0.2, -0.15) is 5.10 Å². The van der Waals surface area contributed by atoms with Gasteiger partial charge in [0.05, 0.1) is 31.7 Å². The van der Waals surface area contributed by atoms with Crippen molar-refractivity contribution in [3.05, 3.63) is 95.6 Å². The van der Waals surface area contributed by atoms with Crippen LogP contribution in [0.4, 0.5) is 5.69 Å². The van der Waals surface area contributed by atoms with Crippen LogP contribution >= 0.6 is 0 Å². The molecule has 1 fully saturated rings. The largest absolute Gasteiger partial charge is 0.496 e. The first kappa shape index (κ1) is 20.4. The van der Waals surface area contributed by atoms with Gasteiger partial charge in [0.1, 0.15) is 11.5 Å². The summed E-state index contributed by atoms with van der Waals surface area (Å²) in [6.07, 6.45) is 5.53. The Labute approximate surface area is 189 Å². The van der Waals surface area contributed by atoms with E-state index in [9.17, 15) is 0 Å². The number of allylic oxidation sites excluding steroid dienone is 1. The Morgan fingerprint density at radius 2 is 1.53 bits per heavy atom. The molecule has 0 spiro atoms. The zero-order valence-corrected chi connectivity index (χ0v) is 18.6. The minimum absolute atomic E-state index is 0.102. The molecule has 0 saturated heterocycles. The predicted molar refractivity (Wildman–Crippen MR) is 130 cm³/mol. The average molecular weight is 425 g/mol. The molecule has 1 saturated carbocycles. The number of hydrazone groups is 1. The maximum absolute atomic E-state index is 5.77. The van der Waals surface area contributed by atoms with Crippen LogP contribution < -0.4 is 14.5 Å². The number of fused-ring (bicyclic) bond motifs is 1. The van der Waals surface area contributed by atoms with Gasteiger partial charge in [0.2, 0.25) is 0 Å². The van der Waals surface area contributed by atoms with Crippen molar-refractivity contribution in [2.45, 2.75) is 25.3 Å². The highest BCUT2D eigenvalue weighted by Crippen LogP contribution is 2.48. The number of anilines is 1. The first-order valence-electron chi connectivity index (χ1n) is 11.2. The highest BCUT2D eigenvalue weighted by molar-refractivity contribution is 6.08. The number of rotatable bonds is 5. The Balaban J connectivity index is 1.62. The Bertz CT molecular complexity index is 1150. The third-order valence-corrected chi connectivity index (χ3v) is 6.45. The summed E-state index contributed by atoms with van der Waals surface area (Å²) in [4.78, 5) is 0. The summed E-state index contributed by atoms with van der Waals surface area (Å²) in [6.45, 7) is 0. The number of nitrogens with zero attached hydrogens (tertiary/aromatic N) is 2. The molecular weight excluding hydrogens is 396 g/mol. The molecular formula is C28H28N2O2. The molecule has 0 N–H and O–H groups in total. The highest BCUT2D eigenvalue weighted by atomic mass is 16.5. The molecule has 0 bridgehead atoms. The summed E-state index contributed by atoms with van der Waals surface area (Å²) in [5.41, 5.74) is 5.86. The predicted octanol–water partition coefficient (Wildman–Crippen LogP) is 6.50. The Hall–Kier alpha value is -3.53. The molecule has 0 radical (unpaired) electrons. The molecule has 4 nitrogen and oxygen atoms in total. The molecule has 2 aliphatic rings. The quantitative estimate of drug-likeness (QED) is 0.468. The highest BCUT2D eigenvalue weighted by Gasteiger charge is 2.43. The van der Waals surface area contributed by atoms with E-state index in [0.29, 0.717) is 5.92 Å². The fourth-order valence-electron chi connectivity index (χ4n) is 4.99. The van der Waals surface area contributed by atoms with Crippen molar-refractivity contribution in [2.24, 2.45) is 11.0 Å². The molecule has 5 rings (SSSR count). The summed E-state index contributed by atoms with van der Waals surface area (Å²) in [5, 5.41) is 7.43. The maximum atomic E-state index is 5.77. The van der Waals surface area contributed by atoms with E-state index in [-0.39, 0.29) is 6.04 Å². The number of methoxy groups -OCH3 is 2. The molecule has 2 atom stereocenters. The van der Waals surface area contributed by atoms with E-state index in [1.165, 1.54) is 16.8 Å². The number of hydrogen-bond donors (Lipinski definition) is 0. The van der Waals surface area contributed by atoms with E-state index in [4.69, 9.17) is 14.6 Å². The van der Waals surface area contributed by atoms with Gasteiger partial charge in [-0.3, -0.25) is 5.01 Å². The number of para-hydroxylation sites is 3. The van der Waals surface area contributed by atoms with Crippen LogP contribution in [0.3, 0.4) is 0 Å². The van der Waals surface area contributed by atoms with E-state index < -0.39 is 0 Å². The lowest BCUT2D eigenvalue weighted by Crippen LogP contribution is -2.28. The first-order chi connectivity index (χ1) is 15.8. The zero-order chi connectivity index (χ0) is 21.9. The van der Waals surface area contributed by atoms with Gasteiger partial charge in [0, 0.05) is 17.0 Å². The monoisotopic (exact) mass is 424 g/mol. The molecule has 1 aliphatic carbocycles. The van der Waals surface area contributed by atoms with Gasteiger partial charge in [-0.25, -0.2) is 0 Å². The zero-order valence-electron chi connectivity index (χ0n) is 18.6. The molecule has 1 heterocycles. The van der Waals surface area contributed by atoms with Gasteiger partial charge in [0.15, 0.2) is 0 Å². The lowest BCUT2D eigenvalue weighted by molar-refractivity contribution is 0.395. The summed E-state index contributed by atoms with van der Waals surface area (Å²) >= 11 is 0. The summed E-state index contributed by atoms with van der Waals surface area (Å²) in [5.74, 6) is 2.11. The second kappa shape index (κ2) is 8.91. The third kappa shape index (κ3) is 3.66. The third-order valence-electron chi connectivity index (χ3n) is 6.45. The van der Waals surface area contributed by atoms with Gasteiger partial charge in [-0.15, -0.1) is 0 Å². The standard InChI is InChI=1S/C28H28N2O2/c1-31-25-17-8-6-11-20(25)19-21-12-10-16-24-27(21)29-30(22-13-4-3-5-14-22)28(24)23-15-7-9-18-26(23)32-2/h3-9,11,13-15,17-19,24,28H,10,12,16H2,1-2H3/b21-19-. The molecule has 1 aliphatic heterocycles. The number of ether oxygens (including phenoxy) is 2. The van der Waals surface area contributed by atoms with E-state index in [0.717, 1.165) is 42.0 Å². The SMILES string of the molecule is COc1ccccc1/C=C1/CCCC2C1=NN(c1ccccc1)C2c1ccccc1OC. The Morgan fingerprint density at radius 1 is 0.844 bits per heavy atom. The topological polar surface area (TPSA) is 34.1 Å². The van der Waals surface area contributed by atoms with Crippen LogP contribution in [-0.4, -0.2) is 19.9 Å². The van der Waals surface area contributed by atoms with Gasteiger partial charge in [-0.1, -0.05) is 54.6 Å². The van der Waals surface area contributed by atoms with Crippen molar-refractivity contribution in [2.75, 3.05) is 19.2 Å². The van der Waals surface area contributed by atoms with Gasteiger partial charge in [0.25, 0.3) is 0 Å². The minimum Gasteiger partial charge on any atom is -0.496 e. The minimum atomic E-state index is 0.102. The second-order valence-electron chi connectivity index (χ2n) is 8.26. The van der Waals surface area contributed by atoms with Crippen molar-refractivity contribution in [1.82, 2.24) is 0 Å². The van der Waals surface area contributed by atoms with Crippen LogP contribution in [-0.2, 0) is 0 Å². The maximum Gasteiger partial charge on any atom is 0.126 e. The van der Waals surface area contributed by atoms with Crippen LogP contribution in [0, 0.1) is 5.92 Å². The van der Waals surface area contributed by atoms with Gasteiger partial charge < -0.3 is 9.47 Å². The lowest BCUT2D eigenvalue weighted by Gasteiger charge is -2.31. The molecule has 3 aromatic rings. The fraction of sp³-hybridized carbons (Fsp3) is 0.250. The molecule has 0 amide bonds. The van der Waals surface area contributed by atoms with Crippen molar-refractivity contribution >= 4 is 17.5 Å². The Kier molecular flexibility index (Phi) is 5.68. The average Bonchev–Trinajstić information content (AvgIpc) is 3.25. The molecule has 4 heteroatoms. The fourth-order valence-corrected chi connectivity index (χ4v) is 4.99. The molecule has 0 aromatic heterocycles. The molecule has 162 valence electrons. The van der Waals surface area contributed by atoms with Crippen molar-refractivity contribution in [3.63, 3.8) is 0 Å². The summed E-state index contributed by atoms with van der Waals surface area (Å²) < 4.78 is 11.4. The summed E-state index contributed by atoms with van der Waals surface area (Å²) in [6, 6.07) is 27.1. The normalized spacial score (nSPS) is 21.2. The van der Waals surface area contributed by atoms with Crippen LogP contribution in [0.1, 0.15) is 36.4 Å². The Morgan fingerprint density at radius 3 is 2.31 bits per heavy atom. The van der Waals surface area contributed by atoms with E-state index >= 15 is 0 Å². The number of hydrogen-bond acceptors (Lipinski definition) is 4.